The van der Waals surface area contributed by atoms with Gasteiger partial charge < -0.3 is 15.0 Å². The monoisotopic (exact) mass is 288 g/mol. The first-order valence-corrected chi connectivity index (χ1v) is 7.96. The summed E-state index contributed by atoms with van der Waals surface area (Å²) in [6.07, 6.45) is 2.98. The number of hydrogen-bond donors (Lipinski definition) is 1. The predicted molar refractivity (Wildman–Crippen MR) is 82.2 cm³/mol. The van der Waals surface area contributed by atoms with Gasteiger partial charge >= 0.3 is 0 Å². The minimum absolute atomic E-state index is 0.200. The molecule has 0 spiro atoms. The Morgan fingerprint density at radius 1 is 1.43 bits per heavy atom. The van der Waals surface area contributed by atoms with E-state index in [9.17, 15) is 4.79 Å². The van der Waals surface area contributed by atoms with Crippen molar-refractivity contribution in [2.75, 3.05) is 26.2 Å². The topological polar surface area (TPSA) is 41.6 Å². The molecule has 21 heavy (non-hydrogen) atoms. The molecule has 2 aliphatic heterocycles. The Balaban J connectivity index is 1.81. The van der Waals surface area contributed by atoms with E-state index in [2.05, 4.69) is 18.3 Å². The van der Waals surface area contributed by atoms with Crippen LogP contribution < -0.4 is 10.1 Å². The highest BCUT2D eigenvalue weighted by Crippen LogP contribution is 2.35. The van der Waals surface area contributed by atoms with Gasteiger partial charge in [0.05, 0.1) is 12.0 Å². The Labute approximate surface area is 126 Å². The molecule has 0 aliphatic carbocycles. The fourth-order valence-electron chi connectivity index (χ4n) is 3.56. The number of carbonyl (C=O) groups excluding carboxylic acids is 1. The van der Waals surface area contributed by atoms with Gasteiger partial charge in [-0.2, -0.15) is 0 Å². The molecular formula is C17H24N2O2. The maximum Gasteiger partial charge on any atom is 0.230 e. The van der Waals surface area contributed by atoms with Crippen molar-refractivity contribution in [3.05, 3.63) is 29.8 Å². The van der Waals surface area contributed by atoms with E-state index in [1.165, 1.54) is 0 Å². The zero-order valence-corrected chi connectivity index (χ0v) is 12.7. The lowest BCUT2D eigenvalue weighted by Gasteiger charge is -2.33. The van der Waals surface area contributed by atoms with Crippen molar-refractivity contribution in [3.63, 3.8) is 0 Å². The highest BCUT2D eigenvalue weighted by molar-refractivity contribution is 5.83. The van der Waals surface area contributed by atoms with E-state index < -0.39 is 0 Å². The van der Waals surface area contributed by atoms with Gasteiger partial charge in [-0.1, -0.05) is 31.5 Å². The second-order valence-electron chi connectivity index (χ2n) is 6.14. The van der Waals surface area contributed by atoms with Crippen molar-refractivity contribution in [1.82, 2.24) is 10.2 Å². The molecule has 4 heteroatoms. The quantitative estimate of drug-likeness (QED) is 0.927. The van der Waals surface area contributed by atoms with E-state index in [-0.39, 0.29) is 5.41 Å². The van der Waals surface area contributed by atoms with Crippen LogP contribution in [-0.2, 0) is 11.3 Å². The molecule has 1 unspecified atom stereocenters. The molecule has 3 rings (SSSR count). The number of benzene rings is 1. The number of nitrogens with zero attached hydrogens (tertiary/aromatic N) is 1. The number of amides is 1. The summed E-state index contributed by atoms with van der Waals surface area (Å²) in [5.41, 5.74) is 0.912. The molecule has 1 atom stereocenters. The third kappa shape index (κ3) is 2.77. The molecule has 1 saturated heterocycles. The van der Waals surface area contributed by atoms with Gasteiger partial charge in [-0.05, 0) is 25.5 Å². The molecule has 4 nitrogen and oxygen atoms in total. The van der Waals surface area contributed by atoms with Crippen molar-refractivity contribution < 1.29 is 9.53 Å². The lowest BCUT2D eigenvalue weighted by molar-refractivity contribution is -0.142. The van der Waals surface area contributed by atoms with Gasteiger partial charge in [0.25, 0.3) is 0 Å². The number of para-hydroxylation sites is 1. The standard InChI is InChI=1S/C17H24N2O2/c1-2-7-17(8-9-18-13-17)16(20)19-10-11-21-15-6-4-3-5-14(15)12-19/h3-6,18H,2,7-13H2,1H3. The summed E-state index contributed by atoms with van der Waals surface area (Å²) in [6.45, 7) is 5.86. The SMILES string of the molecule is CCCC1(C(=O)N2CCOc3ccccc3C2)CCNC1. The molecule has 0 bridgehead atoms. The maximum absolute atomic E-state index is 13.1. The number of hydrogen-bond acceptors (Lipinski definition) is 3. The van der Waals surface area contributed by atoms with Crippen LogP contribution in [0.25, 0.3) is 0 Å². The number of nitrogens with one attached hydrogen (secondary N) is 1. The number of ether oxygens (including phenoxy) is 1. The van der Waals surface area contributed by atoms with Crippen LogP contribution in [0.1, 0.15) is 31.7 Å². The van der Waals surface area contributed by atoms with Crippen LogP contribution >= 0.6 is 0 Å². The van der Waals surface area contributed by atoms with Gasteiger partial charge in [0.2, 0.25) is 5.91 Å². The Bertz CT molecular complexity index is 509. The lowest BCUT2D eigenvalue weighted by Crippen LogP contribution is -2.45. The first-order chi connectivity index (χ1) is 10.2. The van der Waals surface area contributed by atoms with E-state index in [0.29, 0.717) is 25.6 Å². The highest BCUT2D eigenvalue weighted by atomic mass is 16.5. The van der Waals surface area contributed by atoms with E-state index in [1.807, 2.05) is 23.1 Å². The van der Waals surface area contributed by atoms with E-state index in [1.54, 1.807) is 0 Å². The molecule has 0 saturated carbocycles. The Morgan fingerprint density at radius 3 is 3.05 bits per heavy atom. The molecule has 2 aliphatic rings. The summed E-state index contributed by atoms with van der Waals surface area (Å²) in [5.74, 6) is 1.22. The van der Waals surface area contributed by atoms with Crippen LogP contribution in [0, 0.1) is 5.41 Å². The van der Waals surface area contributed by atoms with Crippen LogP contribution in [0.3, 0.4) is 0 Å². The van der Waals surface area contributed by atoms with Crippen LogP contribution in [0.5, 0.6) is 5.75 Å². The lowest BCUT2D eigenvalue weighted by atomic mass is 9.81. The molecule has 0 radical (unpaired) electrons. The van der Waals surface area contributed by atoms with Gasteiger partial charge in [-0.25, -0.2) is 0 Å². The summed E-state index contributed by atoms with van der Waals surface area (Å²) in [4.78, 5) is 15.1. The molecule has 1 aromatic carbocycles. The second-order valence-corrected chi connectivity index (χ2v) is 6.14. The zero-order chi connectivity index (χ0) is 14.7. The number of carbonyl (C=O) groups is 1. The smallest absolute Gasteiger partial charge is 0.230 e. The van der Waals surface area contributed by atoms with Gasteiger partial charge in [-0.3, -0.25) is 4.79 Å². The Hall–Kier alpha value is -1.55. The number of fused-ring (bicyclic) bond motifs is 1. The van der Waals surface area contributed by atoms with E-state index in [4.69, 9.17) is 4.74 Å². The normalized spacial score (nSPS) is 25.1. The minimum Gasteiger partial charge on any atom is -0.491 e. The molecule has 1 N–H and O–H groups in total. The van der Waals surface area contributed by atoms with E-state index in [0.717, 1.165) is 43.7 Å². The van der Waals surface area contributed by atoms with E-state index >= 15 is 0 Å². The van der Waals surface area contributed by atoms with Crippen LogP contribution in [0.15, 0.2) is 24.3 Å². The van der Waals surface area contributed by atoms with Crippen molar-refractivity contribution in [1.29, 1.82) is 0 Å². The molecule has 2 heterocycles. The van der Waals surface area contributed by atoms with Gasteiger partial charge in [0.15, 0.2) is 0 Å². The van der Waals surface area contributed by atoms with Crippen molar-refractivity contribution >= 4 is 5.91 Å². The fraction of sp³-hybridized carbons (Fsp3) is 0.588. The maximum atomic E-state index is 13.1. The van der Waals surface area contributed by atoms with Crippen molar-refractivity contribution in [2.45, 2.75) is 32.7 Å². The van der Waals surface area contributed by atoms with Crippen molar-refractivity contribution in [2.24, 2.45) is 5.41 Å². The van der Waals surface area contributed by atoms with Crippen molar-refractivity contribution in [3.8, 4) is 5.75 Å². The predicted octanol–water partition coefficient (Wildman–Crippen LogP) is 2.19. The van der Waals surface area contributed by atoms with Gasteiger partial charge in [-0.15, -0.1) is 0 Å². The molecule has 1 aromatic rings. The summed E-state index contributed by atoms with van der Waals surface area (Å²) in [6, 6.07) is 8.04. The minimum atomic E-state index is -0.200. The van der Waals surface area contributed by atoms with Crippen LogP contribution in [0.2, 0.25) is 0 Å². The summed E-state index contributed by atoms with van der Waals surface area (Å²) < 4.78 is 5.77. The first-order valence-electron chi connectivity index (χ1n) is 7.96. The average molecular weight is 288 g/mol. The summed E-state index contributed by atoms with van der Waals surface area (Å²) >= 11 is 0. The second kappa shape index (κ2) is 6.06. The fourth-order valence-corrected chi connectivity index (χ4v) is 3.56. The average Bonchev–Trinajstić information content (AvgIpc) is 2.86. The number of rotatable bonds is 3. The highest BCUT2D eigenvalue weighted by Gasteiger charge is 2.43. The van der Waals surface area contributed by atoms with Crippen LogP contribution in [0.4, 0.5) is 0 Å². The molecule has 1 fully saturated rings. The Morgan fingerprint density at radius 2 is 2.29 bits per heavy atom. The largest absolute Gasteiger partial charge is 0.491 e. The summed E-state index contributed by atoms with van der Waals surface area (Å²) in [7, 11) is 0. The molecule has 0 aromatic heterocycles. The molecular weight excluding hydrogens is 264 g/mol. The summed E-state index contributed by atoms with van der Waals surface area (Å²) in [5, 5.41) is 3.37. The third-order valence-corrected chi connectivity index (χ3v) is 4.67. The Kier molecular flexibility index (Phi) is 4.15. The third-order valence-electron chi connectivity index (χ3n) is 4.67. The zero-order valence-electron chi connectivity index (χ0n) is 12.7. The molecule has 114 valence electrons. The first kappa shape index (κ1) is 14.4. The van der Waals surface area contributed by atoms with Gasteiger partial charge in [0.1, 0.15) is 12.4 Å². The van der Waals surface area contributed by atoms with Crippen LogP contribution in [-0.4, -0.2) is 37.0 Å². The molecule has 1 amide bonds. The van der Waals surface area contributed by atoms with Gasteiger partial charge in [0, 0.05) is 18.7 Å².